The second kappa shape index (κ2) is 5.63. The van der Waals surface area contributed by atoms with Crippen LogP contribution in [0.4, 0.5) is 0 Å². The standard InChI is InChI=1S/C16H27B/c1-2-4-8-14(9-5-3-1)17-15-10-6-11-16(17)13-7-12-15/h4,8,14-16H,1-3,5-7,9-13H2/b8-4-. The van der Waals surface area contributed by atoms with E-state index in [-0.39, 0.29) is 0 Å². The van der Waals surface area contributed by atoms with E-state index in [1.165, 1.54) is 44.9 Å². The molecule has 94 valence electrons. The van der Waals surface area contributed by atoms with Gasteiger partial charge in [-0.1, -0.05) is 81.6 Å². The quantitative estimate of drug-likeness (QED) is 0.413. The van der Waals surface area contributed by atoms with Crippen LogP contribution in [0, 0.1) is 0 Å². The monoisotopic (exact) mass is 230 g/mol. The first-order valence-corrected chi connectivity index (χ1v) is 8.12. The van der Waals surface area contributed by atoms with Crippen molar-refractivity contribution in [2.45, 2.75) is 88.1 Å². The summed E-state index contributed by atoms with van der Waals surface area (Å²) in [5, 5.41) is 0. The zero-order chi connectivity index (χ0) is 11.5. The summed E-state index contributed by atoms with van der Waals surface area (Å²) in [7, 11) is 0. The fourth-order valence-electron chi connectivity index (χ4n) is 4.93. The molecule has 2 bridgehead atoms. The van der Waals surface area contributed by atoms with Crippen LogP contribution in [0.2, 0.25) is 17.5 Å². The van der Waals surface area contributed by atoms with E-state index in [1.807, 2.05) is 0 Å². The van der Waals surface area contributed by atoms with Crippen molar-refractivity contribution < 1.29 is 0 Å². The Bertz CT molecular complexity index is 249. The molecule has 1 aliphatic carbocycles. The van der Waals surface area contributed by atoms with Crippen LogP contribution in [0.5, 0.6) is 0 Å². The Kier molecular flexibility index (Phi) is 3.93. The molecule has 17 heavy (non-hydrogen) atoms. The lowest BCUT2D eigenvalue weighted by Gasteiger charge is -2.44. The highest BCUT2D eigenvalue weighted by Crippen LogP contribution is 2.51. The molecule has 2 heterocycles. The summed E-state index contributed by atoms with van der Waals surface area (Å²) < 4.78 is 0. The van der Waals surface area contributed by atoms with Gasteiger partial charge >= 0.3 is 0 Å². The van der Waals surface area contributed by atoms with Crippen molar-refractivity contribution in [1.29, 1.82) is 0 Å². The molecule has 0 N–H and O–H groups in total. The lowest BCUT2D eigenvalue weighted by molar-refractivity contribution is 0.434. The summed E-state index contributed by atoms with van der Waals surface area (Å²) in [5.41, 5.74) is 0. The summed E-state index contributed by atoms with van der Waals surface area (Å²) in [5.74, 6) is 3.14. The molecular weight excluding hydrogens is 203 g/mol. The van der Waals surface area contributed by atoms with E-state index in [0.717, 1.165) is 24.2 Å². The predicted molar refractivity (Wildman–Crippen MR) is 76.9 cm³/mol. The Morgan fingerprint density at radius 3 is 2.12 bits per heavy atom. The molecule has 0 aromatic heterocycles. The number of hydrogen-bond donors (Lipinski definition) is 0. The third kappa shape index (κ3) is 2.64. The van der Waals surface area contributed by atoms with Gasteiger partial charge in [-0.05, 0) is 18.7 Å². The van der Waals surface area contributed by atoms with E-state index < -0.39 is 0 Å². The number of rotatable bonds is 1. The molecule has 2 aliphatic heterocycles. The van der Waals surface area contributed by atoms with Crippen LogP contribution < -0.4 is 0 Å². The van der Waals surface area contributed by atoms with Crippen LogP contribution in [0.1, 0.15) is 70.6 Å². The Morgan fingerprint density at radius 2 is 1.41 bits per heavy atom. The molecule has 1 unspecified atom stereocenters. The molecule has 3 rings (SSSR count). The average Bonchev–Trinajstić information content (AvgIpc) is 2.27. The van der Waals surface area contributed by atoms with Crippen LogP contribution >= 0.6 is 0 Å². The summed E-state index contributed by atoms with van der Waals surface area (Å²) in [4.78, 5) is 0. The van der Waals surface area contributed by atoms with Gasteiger partial charge in [0.2, 0.25) is 0 Å². The van der Waals surface area contributed by atoms with Crippen molar-refractivity contribution in [1.82, 2.24) is 0 Å². The smallest absolute Gasteiger partial charge is 0.0926 e. The molecule has 0 radical (unpaired) electrons. The van der Waals surface area contributed by atoms with E-state index in [9.17, 15) is 0 Å². The van der Waals surface area contributed by atoms with Crippen LogP contribution in [0.15, 0.2) is 12.2 Å². The van der Waals surface area contributed by atoms with Crippen LogP contribution in [0.25, 0.3) is 0 Å². The van der Waals surface area contributed by atoms with Gasteiger partial charge in [0.1, 0.15) is 0 Å². The van der Waals surface area contributed by atoms with E-state index in [2.05, 4.69) is 12.2 Å². The zero-order valence-corrected chi connectivity index (χ0v) is 11.2. The van der Waals surface area contributed by atoms with Gasteiger partial charge in [0.15, 0.2) is 6.71 Å². The average molecular weight is 230 g/mol. The molecule has 0 nitrogen and oxygen atoms in total. The van der Waals surface area contributed by atoms with Crippen LogP contribution in [-0.4, -0.2) is 6.71 Å². The number of allylic oxidation sites excluding steroid dienone is 2. The molecule has 0 aromatic carbocycles. The highest BCUT2D eigenvalue weighted by atomic mass is 14.3. The molecule has 0 spiro atoms. The second-order valence-electron chi connectivity index (χ2n) is 6.69. The first kappa shape index (κ1) is 11.9. The first-order chi connectivity index (χ1) is 8.45. The Balaban J connectivity index is 1.73. The SMILES string of the molecule is C1=C\C(B2C3CCCC2CCC3)CCCCC/1. The molecule has 2 saturated heterocycles. The summed E-state index contributed by atoms with van der Waals surface area (Å²) in [6.07, 6.45) is 21.6. The van der Waals surface area contributed by atoms with E-state index in [0.29, 0.717) is 0 Å². The molecule has 1 heteroatoms. The Hall–Kier alpha value is -0.195. The van der Waals surface area contributed by atoms with Gasteiger partial charge < -0.3 is 0 Å². The fraction of sp³-hybridized carbons (Fsp3) is 0.875. The van der Waals surface area contributed by atoms with Crippen molar-refractivity contribution in [3.8, 4) is 0 Å². The zero-order valence-electron chi connectivity index (χ0n) is 11.2. The Labute approximate surface area is 107 Å². The predicted octanol–water partition coefficient (Wildman–Crippen LogP) is 5.48. The largest absolute Gasteiger partial charge is 0.153 e. The molecule has 0 saturated carbocycles. The lowest BCUT2D eigenvalue weighted by atomic mass is 9.22. The minimum Gasteiger partial charge on any atom is -0.0926 e. The van der Waals surface area contributed by atoms with Crippen molar-refractivity contribution in [2.24, 2.45) is 0 Å². The summed E-state index contributed by atoms with van der Waals surface area (Å²) in [6, 6.07) is 0. The normalized spacial score (nSPS) is 40.5. The fourth-order valence-corrected chi connectivity index (χ4v) is 4.93. The van der Waals surface area contributed by atoms with Gasteiger partial charge in [0.25, 0.3) is 0 Å². The highest BCUT2D eigenvalue weighted by molar-refractivity contribution is 6.64. The van der Waals surface area contributed by atoms with Gasteiger partial charge in [-0.15, -0.1) is 0 Å². The number of fused-ring (bicyclic) bond motifs is 2. The van der Waals surface area contributed by atoms with E-state index >= 15 is 0 Å². The molecule has 0 amide bonds. The van der Waals surface area contributed by atoms with Gasteiger partial charge in [-0.3, -0.25) is 0 Å². The van der Waals surface area contributed by atoms with Gasteiger partial charge in [-0.2, -0.15) is 0 Å². The van der Waals surface area contributed by atoms with Crippen LogP contribution in [0.3, 0.4) is 0 Å². The first-order valence-electron chi connectivity index (χ1n) is 8.12. The topological polar surface area (TPSA) is 0 Å². The highest BCUT2D eigenvalue weighted by Gasteiger charge is 2.42. The van der Waals surface area contributed by atoms with E-state index in [1.54, 1.807) is 25.7 Å². The minimum atomic E-state index is 0.950. The van der Waals surface area contributed by atoms with Crippen molar-refractivity contribution in [3.63, 3.8) is 0 Å². The molecular formula is C16H27B. The number of hydrogen-bond acceptors (Lipinski definition) is 0. The Morgan fingerprint density at radius 1 is 0.706 bits per heavy atom. The summed E-state index contributed by atoms with van der Waals surface area (Å²) >= 11 is 0. The van der Waals surface area contributed by atoms with E-state index in [4.69, 9.17) is 0 Å². The molecule has 1 atom stereocenters. The third-order valence-corrected chi connectivity index (χ3v) is 5.67. The minimum absolute atomic E-state index is 0.950. The third-order valence-electron chi connectivity index (χ3n) is 5.67. The van der Waals surface area contributed by atoms with Crippen molar-refractivity contribution in [3.05, 3.63) is 12.2 Å². The van der Waals surface area contributed by atoms with Gasteiger partial charge in [0.05, 0.1) is 0 Å². The maximum atomic E-state index is 2.63. The molecule has 3 aliphatic rings. The maximum absolute atomic E-state index is 2.63. The molecule has 2 fully saturated rings. The van der Waals surface area contributed by atoms with Crippen molar-refractivity contribution >= 4 is 6.71 Å². The summed E-state index contributed by atoms with van der Waals surface area (Å²) in [6.45, 7) is 1.08. The second-order valence-corrected chi connectivity index (χ2v) is 6.69. The van der Waals surface area contributed by atoms with Gasteiger partial charge in [0, 0.05) is 0 Å². The van der Waals surface area contributed by atoms with Crippen molar-refractivity contribution in [2.75, 3.05) is 0 Å². The van der Waals surface area contributed by atoms with Crippen LogP contribution in [-0.2, 0) is 0 Å². The molecule has 0 aromatic rings. The lowest BCUT2D eigenvalue weighted by Crippen LogP contribution is -2.38. The van der Waals surface area contributed by atoms with Gasteiger partial charge in [-0.25, -0.2) is 0 Å². The maximum Gasteiger partial charge on any atom is 0.153 e.